The highest BCUT2D eigenvalue weighted by atomic mass is 14.7. The lowest BCUT2D eigenvalue weighted by Gasteiger charge is -1.97. The Hall–Kier alpha value is -1.51. The molecule has 2 N–H and O–H groups in total. The SMILES string of the molecule is [B]/C(C=Nc1cccc(CC)c1)=C/N. The van der Waals surface area contributed by atoms with Gasteiger partial charge in [-0.2, -0.15) is 0 Å². The van der Waals surface area contributed by atoms with E-state index >= 15 is 0 Å². The van der Waals surface area contributed by atoms with Gasteiger partial charge in [-0.1, -0.05) is 24.5 Å². The molecule has 0 bridgehead atoms. The fourth-order valence-electron chi connectivity index (χ4n) is 1.05. The van der Waals surface area contributed by atoms with Crippen LogP contribution in [0.25, 0.3) is 0 Å². The van der Waals surface area contributed by atoms with E-state index in [-0.39, 0.29) is 0 Å². The molecule has 1 aromatic rings. The summed E-state index contributed by atoms with van der Waals surface area (Å²) in [6.07, 6.45) is 3.88. The smallest absolute Gasteiger partial charge is 0.117 e. The Labute approximate surface area is 86.0 Å². The molecule has 3 heteroatoms. The highest BCUT2D eigenvalue weighted by Gasteiger charge is 1.90. The van der Waals surface area contributed by atoms with E-state index in [2.05, 4.69) is 18.0 Å². The predicted molar refractivity (Wildman–Crippen MR) is 62.0 cm³/mol. The van der Waals surface area contributed by atoms with Crippen molar-refractivity contribution in [3.05, 3.63) is 41.5 Å². The molecule has 0 unspecified atom stereocenters. The third-order valence-electron chi connectivity index (χ3n) is 1.87. The Bertz CT molecular complexity index is 356. The predicted octanol–water partition coefficient (Wildman–Crippen LogP) is 1.92. The van der Waals surface area contributed by atoms with Crippen LogP contribution in [0, 0.1) is 0 Å². The van der Waals surface area contributed by atoms with Gasteiger partial charge in [0.15, 0.2) is 0 Å². The Morgan fingerprint density at radius 1 is 1.57 bits per heavy atom. The lowest BCUT2D eigenvalue weighted by molar-refractivity contribution is 1.14. The maximum Gasteiger partial charge on any atom is 0.117 e. The number of aliphatic imine (C=N–C) groups is 1. The van der Waals surface area contributed by atoms with Gasteiger partial charge in [0.25, 0.3) is 0 Å². The molecule has 0 heterocycles. The van der Waals surface area contributed by atoms with Crippen LogP contribution in [0.1, 0.15) is 12.5 Å². The zero-order valence-corrected chi connectivity index (χ0v) is 8.27. The number of benzene rings is 1. The first-order chi connectivity index (χ1) is 6.76. The van der Waals surface area contributed by atoms with E-state index in [1.807, 2.05) is 18.2 Å². The van der Waals surface area contributed by atoms with Gasteiger partial charge in [-0.25, -0.2) is 0 Å². The van der Waals surface area contributed by atoms with E-state index in [4.69, 9.17) is 13.6 Å². The Balaban J connectivity index is 2.81. The summed E-state index contributed by atoms with van der Waals surface area (Å²) in [7, 11) is 5.48. The molecule has 0 atom stereocenters. The first-order valence-electron chi connectivity index (χ1n) is 4.56. The van der Waals surface area contributed by atoms with Crippen LogP contribution in [-0.4, -0.2) is 14.1 Å². The van der Waals surface area contributed by atoms with Crippen LogP contribution < -0.4 is 5.73 Å². The number of rotatable bonds is 3. The van der Waals surface area contributed by atoms with Gasteiger partial charge < -0.3 is 5.73 Å². The van der Waals surface area contributed by atoms with Crippen molar-refractivity contribution in [1.29, 1.82) is 0 Å². The molecular formula is C11H13BN2. The van der Waals surface area contributed by atoms with Crippen LogP contribution in [0.2, 0.25) is 0 Å². The molecule has 0 aromatic heterocycles. The van der Waals surface area contributed by atoms with E-state index < -0.39 is 0 Å². The van der Waals surface area contributed by atoms with Gasteiger partial charge in [0.2, 0.25) is 0 Å². The van der Waals surface area contributed by atoms with Crippen molar-refractivity contribution < 1.29 is 0 Å². The fraction of sp³-hybridized carbons (Fsp3) is 0.182. The van der Waals surface area contributed by atoms with Crippen molar-refractivity contribution in [2.45, 2.75) is 13.3 Å². The average molecular weight is 184 g/mol. The van der Waals surface area contributed by atoms with Crippen molar-refractivity contribution in [3.63, 3.8) is 0 Å². The van der Waals surface area contributed by atoms with E-state index in [1.54, 1.807) is 6.21 Å². The number of nitrogens with zero attached hydrogens (tertiary/aromatic N) is 1. The maximum absolute atomic E-state index is 5.48. The highest BCUT2D eigenvalue weighted by molar-refractivity contribution is 6.32. The van der Waals surface area contributed by atoms with E-state index in [9.17, 15) is 0 Å². The minimum Gasteiger partial charge on any atom is -0.405 e. The van der Waals surface area contributed by atoms with Gasteiger partial charge in [0.1, 0.15) is 7.85 Å². The quantitative estimate of drug-likeness (QED) is 0.565. The van der Waals surface area contributed by atoms with Crippen LogP contribution in [-0.2, 0) is 6.42 Å². The Morgan fingerprint density at radius 3 is 3.00 bits per heavy atom. The molecule has 1 aromatic carbocycles. The lowest BCUT2D eigenvalue weighted by Crippen LogP contribution is -1.89. The second-order valence-electron chi connectivity index (χ2n) is 2.95. The molecule has 2 radical (unpaired) electrons. The first kappa shape index (κ1) is 10.6. The molecule has 0 aliphatic carbocycles. The summed E-state index contributed by atoms with van der Waals surface area (Å²) in [6.45, 7) is 2.11. The molecule has 0 aliphatic heterocycles. The summed E-state index contributed by atoms with van der Waals surface area (Å²) in [5, 5.41) is 0. The second kappa shape index (κ2) is 5.27. The van der Waals surface area contributed by atoms with Gasteiger partial charge in [-0.05, 0) is 30.3 Å². The molecular weight excluding hydrogens is 171 g/mol. The second-order valence-corrected chi connectivity index (χ2v) is 2.95. The third-order valence-corrected chi connectivity index (χ3v) is 1.87. The number of nitrogens with two attached hydrogens (primary N) is 1. The number of hydrogen-bond acceptors (Lipinski definition) is 2. The van der Waals surface area contributed by atoms with E-state index in [0.717, 1.165) is 12.1 Å². The van der Waals surface area contributed by atoms with Gasteiger partial charge in [-0.15, -0.1) is 0 Å². The van der Waals surface area contributed by atoms with Crippen LogP contribution in [0.5, 0.6) is 0 Å². The standard InChI is InChI=1S/C11H13BN2/c1-2-9-4-3-5-11(6-9)14-8-10(12)7-13/h3-8H,2,13H2,1H3/b10-7+,14-8?. The summed E-state index contributed by atoms with van der Waals surface area (Å²) in [5.74, 6) is 0. The average Bonchev–Trinajstić information content (AvgIpc) is 2.26. The van der Waals surface area contributed by atoms with Crippen molar-refractivity contribution in [2.75, 3.05) is 0 Å². The topological polar surface area (TPSA) is 38.4 Å². The Kier molecular flexibility index (Phi) is 3.98. The summed E-state index contributed by atoms with van der Waals surface area (Å²) in [5.41, 5.74) is 7.84. The van der Waals surface area contributed by atoms with Gasteiger partial charge in [-0.3, -0.25) is 4.99 Å². The normalized spacial score (nSPS) is 12.2. The van der Waals surface area contributed by atoms with Crippen LogP contribution in [0.4, 0.5) is 5.69 Å². The molecule has 0 spiro atoms. The van der Waals surface area contributed by atoms with E-state index in [0.29, 0.717) is 5.47 Å². The minimum absolute atomic E-state index is 0.465. The van der Waals surface area contributed by atoms with Gasteiger partial charge in [0.05, 0.1) is 5.69 Å². The summed E-state index contributed by atoms with van der Waals surface area (Å²) in [4.78, 5) is 4.19. The van der Waals surface area contributed by atoms with Crippen molar-refractivity contribution in [1.82, 2.24) is 0 Å². The van der Waals surface area contributed by atoms with E-state index in [1.165, 1.54) is 11.8 Å². The molecule has 2 nitrogen and oxygen atoms in total. The molecule has 14 heavy (non-hydrogen) atoms. The van der Waals surface area contributed by atoms with Crippen LogP contribution in [0.3, 0.4) is 0 Å². The zero-order chi connectivity index (χ0) is 10.4. The molecule has 0 aliphatic rings. The third kappa shape index (κ3) is 3.09. The molecule has 1 rings (SSSR count). The van der Waals surface area contributed by atoms with Gasteiger partial charge >= 0.3 is 0 Å². The molecule has 70 valence electrons. The zero-order valence-electron chi connectivity index (χ0n) is 8.27. The van der Waals surface area contributed by atoms with Crippen molar-refractivity contribution >= 4 is 19.7 Å². The van der Waals surface area contributed by atoms with Crippen LogP contribution in [0.15, 0.2) is 40.9 Å². The van der Waals surface area contributed by atoms with Crippen molar-refractivity contribution in [3.8, 4) is 0 Å². The molecule has 0 amide bonds. The Morgan fingerprint density at radius 2 is 2.36 bits per heavy atom. The molecule has 0 fully saturated rings. The van der Waals surface area contributed by atoms with Crippen LogP contribution >= 0.6 is 0 Å². The van der Waals surface area contributed by atoms with Crippen molar-refractivity contribution in [2.24, 2.45) is 10.7 Å². The van der Waals surface area contributed by atoms with Gasteiger partial charge in [0, 0.05) is 6.21 Å². The number of aryl methyl sites for hydroxylation is 1. The summed E-state index contributed by atoms with van der Waals surface area (Å²) >= 11 is 0. The lowest BCUT2D eigenvalue weighted by atomic mass is 9.99. The molecule has 0 saturated heterocycles. The molecule has 0 saturated carbocycles. The summed E-state index contributed by atoms with van der Waals surface area (Å²) < 4.78 is 0. The minimum atomic E-state index is 0.465. The maximum atomic E-state index is 5.48. The highest BCUT2D eigenvalue weighted by Crippen LogP contribution is 2.13. The monoisotopic (exact) mass is 184 g/mol. The first-order valence-corrected chi connectivity index (χ1v) is 4.56. The number of allylic oxidation sites excluding steroid dienone is 1. The summed E-state index contributed by atoms with van der Waals surface area (Å²) in [6, 6.07) is 8.01. The fourth-order valence-corrected chi connectivity index (χ4v) is 1.05. The largest absolute Gasteiger partial charge is 0.405 e. The number of hydrogen-bond donors (Lipinski definition) is 1.